The molecule has 1 aliphatic heterocycles. The number of carboxylic acids is 1. The molecule has 2 unspecified atom stereocenters. The van der Waals surface area contributed by atoms with Crippen molar-refractivity contribution in [1.29, 1.82) is 0 Å². The van der Waals surface area contributed by atoms with Gasteiger partial charge in [0.15, 0.2) is 0 Å². The van der Waals surface area contributed by atoms with E-state index in [0.29, 0.717) is 19.5 Å². The molecule has 110 valence electrons. The number of hydrogen-bond acceptors (Lipinski definition) is 3. The highest BCUT2D eigenvalue weighted by Crippen LogP contribution is 2.28. The Bertz CT molecular complexity index is 346. The predicted octanol–water partition coefficient (Wildman–Crippen LogP) is 0.975. The summed E-state index contributed by atoms with van der Waals surface area (Å²) in [6.45, 7) is 4.65. The average molecular weight is 271 g/mol. The Morgan fingerprint density at radius 2 is 2.05 bits per heavy atom. The molecule has 0 spiro atoms. The average Bonchev–Trinajstić information content (AvgIpc) is 2.35. The van der Waals surface area contributed by atoms with Gasteiger partial charge in [0.2, 0.25) is 0 Å². The van der Waals surface area contributed by atoms with E-state index in [2.05, 4.69) is 5.32 Å². The van der Waals surface area contributed by atoms with E-state index in [9.17, 15) is 14.7 Å². The van der Waals surface area contributed by atoms with Crippen molar-refractivity contribution in [2.24, 2.45) is 0 Å². The first-order valence-electron chi connectivity index (χ1n) is 6.74. The Morgan fingerprint density at radius 3 is 2.58 bits per heavy atom. The number of aliphatic carboxylic acids is 1. The largest absolute Gasteiger partial charge is 0.480 e. The van der Waals surface area contributed by atoms with Crippen LogP contribution in [0.15, 0.2) is 0 Å². The first-order chi connectivity index (χ1) is 8.79. The Balaban J connectivity index is 2.66. The Morgan fingerprint density at radius 1 is 1.42 bits per heavy atom. The van der Waals surface area contributed by atoms with Gasteiger partial charge in [0.05, 0.1) is 0 Å². The molecule has 0 aromatic carbocycles. The van der Waals surface area contributed by atoms with E-state index in [0.717, 1.165) is 12.8 Å². The predicted molar refractivity (Wildman–Crippen MR) is 73.1 cm³/mol. The van der Waals surface area contributed by atoms with Crippen molar-refractivity contribution in [1.82, 2.24) is 15.1 Å². The number of piperidine rings is 1. The van der Waals surface area contributed by atoms with Gasteiger partial charge < -0.3 is 20.2 Å². The molecule has 1 rings (SSSR count). The molecule has 1 fully saturated rings. The van der Waals surface area contributed by atoms with Crippen molar-refractivity contribution in [3.63, 3.8) is 0 Å². The Hall–Kier alpha value is -1.30. The van der Waals surface area contributed by atoms with Crippen molar-refractivity contribution in [2.45, 2.75) is 44.7 Å². The molecule has 6 heteroatoms. The number of urea groups is 1. The van der Waals surface area contributed by atoms with Crippen molar-refractivity contribution >= 4 is 12.0 Å². The number of nitrogens with one attached hydrogen (secondary N) is 1. The molecule has 1 heterocycles. The highest BCUT2D eigenvalue weighted by Gasteiger charge is 2.43. The van der Waals surface area contributed by atoms with Crippen LogP contribution in [-0.4, -0.2) is 65.7 Å². The first kappa shape index (κ1) is 15.8. The number of carboxylic acid groups (broad SMARTS) is 1. The number of carbonyl (C=O) groups is 2. The molecule has 19 heavy (non-hydrogen) atoms. The van der Waals surface area contributed by atoms with Crippen molar-refractivity contribution < 1.29 is 14.7 Å². The maximum Gasteiger partial charge on any atom is 0.329 e. The van der Waals surface area contributed by atoms with Gasteiger partial charge in [-0.3, -0.25) is 0 Å². The summed E-state index contributed by atoms with van der Waals surface area (Å²) in [6.07, 6.45) is 2.22. The Kier molecular flexibility index (Phi) is 5.17. The van der Waals surface area contributed by atoms with Crippen LogP contribution in [0, 0.1) is 0 Å². The molecule has 0 saturated carbocycles. The molecule has 0 aromatic heterocycles. The summed E-state index contributed by atoms with van der Waals surface area (Å²) >= 11 is 0. The van der Waals surface area contributed by atoms with Crippen LogP contribution >= 0.6 is 0 Å². The van der Waals surface area contributed by atoms with Crippen LogP contribution < -0.4 is 5.32 Å². The Labute approximate surface area is 114 Å². The molecule has 0 aromatic rings. The van der Waals surface area contributed by atoms with E-state index >= 15 is 0 Å². The topological polar surface area (TPSA) is 72.9 Å². The van der Waals surface area contributed by atoms with Crippen LogP contribution in [-0.2, 0) is 4.79 Å². The highest BCUT2D eigenvalue weighted by atomic mass is 16.4. The standard InChI is InChI=1S/C13H25N3O3/c1-10(15(3)4)9-14-12(19)16-8-6-5-7-13(16,2)11(17)18/h10H,5-9H2,1-4H3,(H,14,19)(H,17,18). The lowest BCUT2D eigenvalue weighted by molar-refractivity contribution is -0.150. The van der Waals surface area contributed by atoms with Gasteiger partial charge in [-0.25, -0.2) is 9.59 Å². The summed E-state index contributed by atoms with van der Waals surface area (Å²) < 4.78 is 0. The normalized spacial score (nSPS) is 25.2. The zero-order valence-electron chi connectivity index (χ0n) is 12.3. The molecule has 2 atom stereocenters. The van der Waals surface area contributed by atoms with Gasteiger partial charge in [-0.1, -0.05) is 0 Å². The van der Waals surface area contributed by atoms with Crippen LogP contribution in [0.4, 0.5) is 4.79 Å². The zero-order chi connectivity index (χ0) is 14.6. The van der Waals surface area contributed by atoms with Gasteiger partial charge >= 0.3 is 12.0 Å². The number of likely N-dealkylation sites (N-methyl/N-ethyl adjacent to an activating group) is 1. The van der Waals surface area contributed by atoms with Crippen LogP contribution in [0.1, 0.15) is 33.1 Å². The third-order valence-electron chi connectivity index (χ3n) is 4.03. The third kappa shape index (κ3) is 3.59. The van der Waals surface area contributed by atoms with Crippen molar-refractivity contribution in [3.05, 3.63) is 0 Å². The zero-order valence-corrected chi connectivity index (χ0v) is 12.3. The molecular weight excluding hydrogens is 246 g/mol. The lowest BCUT2D eigenvalue weighted by Gasteiger charge is -2.41. The summed E-state index contributed by atoms with van der Waals surface area (Å²) in [5.74, 6) is -0.928. The van der Waals surface area contributed by atoms with Gasteiger partial charge in [-0.15, -0.1) is 0 Å². The molecule has 2 amide bonds. The SMILES string of the molecule is CC(CNC(=O)N1CCCCC1(C)C(=O)O)N(C)C. The first-order valence-corrected chi connectivity index (χ1v) is 6.74. The molecule has 6 nitrogen and oxygen atoms in total. The second kappa shape index (κ2) is 6.23. The van der Waals surface area contributed by atoms with Crippen LogP contribution in [0.5, 0.6) is 0 Å². The minimum absolute atomic E-state index is 0.213. The van der Waals surface area contributed by atoms with Gasteiger partial charge in [0.1, 0.15) is 5.54 Å². The van der Waals surface area contributed by atoms with E-state index < -0.39 is 11.5 Å². The monoisotopic (exact) mass is 271 g/mol. The lowest BCUT2D eigenvalue weighted by Crippen LogP contribution is -2.60. The summed E-state index contributed by atoms with van der Waals surface area (Å²) in [4.78, 5) is 27.1. The maximum atomic E-state index is 12.2. The summed E-state index contributed by atoms with van der Waals surface area (Å²) in [5.41, 5.74) is -1.08. The van der Waals surface area contributed by atoms with E-state index in [1.54, 1.807) is 6.92 Å². The number of carbonyl (C=O) groups excluding carboxylic acids is 1. The minimum atomic E-state index is -1.08. The van der Waals surface area contributed by atoms with Gasteiger partial charge in [-0.2, -0.15) is 0 Å². The fraction of sp³-hybridized carbons (Fsp3) is 0.846. The minimum Gasteiger partial charge on any atom is -0.480 e. The van der Waals surface area contributed by atoms with Gasteiger partial charge in [0.25, 0.3) is 0 Å². The molecule has 2 N–H and O–H groups in total. The summed E-state index contributed by atoms with van der Waals surface area (Å²) in [7, 11) is 3.89. The fourth-order valence-corrected chi connectivity index (χ4v) is 2.18. The maximum absolute atomic E-state index is 12.2. The number of amides is 2. The molecule has 0 bridgehead atoms. The van der Waals surface area contributed by atoms with Crippen LogP contribution in [0.25, 0.3) is 0 Å². The van der Waals surface area contributed by atoms with E-state index in [4.69, 9.17) is 0 Å². The lowest BCUT2D eigenvalue weighted by atomic mass is 9.89. The number of likely N-dealkylation sites (tertiary alicyclic amines) is 1. The fourth-order valence-electron chi connectivity index (χ4n) is 2.18. The molecular formula is C13H25N3O3. The number of hydrogen-bond donors (Lipinski definition) is 2. The molecule has 1 saturated heterocycles. The van der Waals surface area contributed by atoms with Crippen LogP contribution in [0.2, 0.25) is 0 Å². The molecule has 1 aliphatic rings. The molecule has 0 aliphatic carbocycles. The highest BCUT2D eigenvalue weighted by molar-refractivity contribution is 5.86. The summed E-state index contributed by atoms with van der Waals surface area (Å²) in [5, 5.41) is 12.2. The van der Waals surface area contributed by atoms with E-state index in [1.807, 2.05) is 25.9 Å². The molecule has 0 radical (unpaired) electrons. The quantitative estimate of drug-likeness (QED) is 0.799. The number of rotatable bonds is 4. The smallest absolute Gasteiger partial charge is 0.329 e. The summed E-state index contributed by atoms with van der Waals surface area (Å²) in [6, 6.07) is -0.0666. The van der Waals surface area contributed by atoms with E-state index in [-0.39, 0.29) is 12.1 Å². The van der Waals surface area contributed by atoms with E-state index in [1.165, 1.54) is 4.90 Å². The second-order valence-corrected chi connectivity index (χ2v) is 5.69. The third-order valence-corrected chi connectivity index (χ3v) is 4.03. The number of nitrogens with zero attached hydrogens (tertiary/aromatic N) is 2. The van der Waals surface area contributed by atoms with Crippen LogP contribution in [0.3, 0.4) is 0 Å². The van der Waals surface area contributed by atoms with Gasteiger partial charge in [0, 0.05) is 19.1 Å². The van der Waals surface area contributed by atoms with Gasteiger partial charge in [-0.05, 0) is 47.2 Å². The van der Waals surface area contributed by atoms with Crippen molar-refractivity contribution in [2.75, 3.05) is 27.2 Å². The van der Waals surface area contributed by atoms with Crippen molar-refractivity contribution in [3.8, 4) is 0 Å². The second-order valence-electron chi connectivity index (χ2n) is 5.69.